The van der Waals surface area contributed by atoms with Crippen LogP contribution < -0.4 is 5.32 Å². The number of hydrogen-bond donors (Lipinski definition) is 1. The van der Waals surface area contributed by atoms with E-state index in [1.807, 2.05) is 35.9 Å². The summed E-state index contributed by atoms with van der Waals surface area (Å²) in [5, 5.41) is 3.39. The van der Waals surface area contributed by atoms with E-state index < -0.39 is 0 Å². The number of nitrogens with one attached hydrogen (secondary N) is 1. The van der Waals surface area contributed by atoms with Gasteiger partial charge in [-0.1, -0.05) is 18.2 Å². The molecule has 5 heteroatoms. The van der Waals surface area contributed by atoms with Crippen molar-refractivity contribution >= 4 is 11.6 Å². The van der Waals surface area contributed by atoms with Gasteiger partial charge in [0.25, 0.3) is 5.91 Å². The molecule has 0 bridgehead atoms. The first-order valence-corrected chi connectivity index (χ1v) is 8.18. The van der Waals surface area contributed by atoms with Crippen LogP contribution in [0.4, 0.5) is 5.69 Å². The predicted octanol–water partition coefficient (Wildman–Crippen LogP) is 3.49. The fourth-order valence-corrected chi connectivity index (χ4v) is 2.61. The molecule has 1 heterocycles. The van der Waals surface area contributed by atoms with Crippen molar-refractivity contribution in [2.45, 2.75) is 13.5 Å². The van der Waals surface area contributed by atoms with Crippen LogP contribution in [-0.4, -0.2) is 34.5 Å². The number of hydrogen-bond acceptors (Lipinski definition) is 3. The van der Waals surface area contributed by atoms with Crippen LogP contribution in [0.2, 0.25) is 0 Å². The van der Waals surface area contributed by atoms with Crippen molar-refractivity contribution in [3.8, 4) is 5.69 Å². The van der Waals surface area contributed by atoms with Gasteiger partial charge in [0, 0.05) is 50.0 Å². The standard InChI is InChI=1S/C20H22N4O/c1-15-4-7-17(12-19(15)20(25)23(2)3)22-13-16-5-8-18(9-6-16)24-11-10-21-14-24/h4-12,14,22H,13H2,1-3H3. The Morgan fingerprint density at radius 3 is 2.56 bits per heavy atom. The van der Waals surface area contributed by atoms with Crippen molar-refractivity contribution in [2.24, 2.45) is 0 Å². The highest BCUT2D eigenvalue weighted by Crippen LogP contribution is 2.18. The molecule has 5 nitrogen and oxygen atoms in total. The number of aryl methyl sites for hydroxylation is 1. The maximum Gasteiger partial charge on any atom is 0.253 e. The molecule has 0 aliphatic heterocycles. The summed E-state index contributed by atoms with van der Waals surface area (Å²) in [6, 6.07) is 14.2. The predicted molar refractivity (Wildman–Crippen MR) is 100 cm³/mol. The molecular weight excluding hydrogens is 312 g/mol. The molecule has 25 heavy (non-hydrogen) atoms. The number of nitrogens with zero attached hydrogens (tertiary/aromatic N) is 3. The van der Waals surface area contributed by atoms with Gasteiger partial charge in [0.2, 0.25) is 0 Å². The summed E-state index contributed by atoms with van der Waals surface area (Å²) in [7, 11) is 3.54. The molecule has 0 saturated heterocycles. The second-order valence-corrected chi connectivity index (χ2v) is 6.22. The molecule has 0 fully saturated rings. The molecule has 0 aliphatic carbocycles. The third kappa shape index (κ3) is 3.88. The topological polar surface area (TPSA) is 50.2 Å². The summed E-state index contributed by atoms with van der Waals surface area (Å²) < 4.78 is 1.97. The van der Waals surface area contributed by atoms with Gasteiger partial charge in [-0.15, -0.1) is 0 Å². The van der Waals surface area contributed by atoms with Gasteiger partial charge in [-0.05, 0) is 42.3 Å². The molecule has 1 N–H and O–H groups in total. The largest absolute Gasteiger partial charge is 0.381 e. The summed E-state index contributed by atoms with van der Waals surface area (Å²) in [6.07, 6.45) is 5.46. The summed E-state index contributed by atoms with van der Waals surface area (Å²) in [4.78, 5) is 17.9. The summed E-state index contributed by atoms with van der Waals surface area (Å²) in [6.45, 7) is 2.65. The van der Waals surface area contributed by atoms with Crippen molar-refractivity contribution in [1.82, 2.24) is 14.5 Å². The van der Waals surface area contributed by atoms with Crippen LogP contribution >= 0.6 is 0 Å². The van der Waals surface area contributed by atoms with E-state index in [2.05, 4.69) is 34.6 Å². The minimum Gasteiger partial charge on any atom is -0.381 e. The van der Waals surface area contributed by atoms with Gasteiger partial charge in [0.05, 0.1) is 6.33 Å². The van der Waals surface area contributed by atoms with Gasteiger partial charge >= 0.3 is 0 Å². The van der Waals surface area contributed by atoms with Gasteiger partial charge in [0.15, 0.2) is 0 Å². The van der Waals surface area contributed by atoms with Gasteiger partial charge < -0.3 is 14.8 Å². The zero-order chi connectivity index (χ0) is 17.8. The van der Waals surface area contributed by atoms with Crippen molar-refractivity contribution in [3.05, 3.63) is 77.9 Å². The van der Waals surface area contributed by atoms with Crippen LogP contribution in [0.25, 0.3) is 5.69 Å². The van der Waals surface area contributed by atoms with Gasteiger partial charge in [-0.25, -0.2) is 4.98 Å². The van der Waals surface area contributed by atoms with Gasteiger partial charge in [-0.2, -0.15) is 0 Å². The summed E-state index contributed by atoms with van der Waals surface area (Å²) in [5.74, 6) is 0.0193. The van der Waals surface area contributed by atoms with E-state index in [9.17, 15) is 4.79 Å². The Kier molecular flexibility index (Phi) is 4.84. The fourth-order valence-electron chi connectivity index (χ4n) is 2.61. The average Bonchev–Trinajstić information content (AvgIpc) is 3.15. The van der Waals surface area contributed by atoms with Crippen molar-refractivity contribution < 1.29 is 4.79 Å². The Bertz CT molecular complexity index is 852. The maximum atomic E-state index is 12.2. The highest BCUT2D eigenvalue weighted by Gasteiger charge is 2.11. The molecular formula is C20H22N4O. The lowest BCUT2D eigenvalue weighted by atomic mass is 10.1. The van der Waals surface area contributed by atoms with Crippen LogP contribution in [0.3, 0.4) is 0 Å². The Morgan fingerprint density at radius 1 is 1.16 bits per heavy atom. The molecule has 0 spiro atoms. The minimum absolute atomic E-state index is 0.0193. The molecule has 0 radical (unpaired) electrons. The van der Waals surface area contributed by atoms with Crippen molar-refractivity contribution in [1.29, 1.82) is 0 Å². The lowest BCUT2D eigenvalue weighted by Crippen LogP contribution is -2.22. The number of anilines is 1. The molecule has 0 saturated carbocycles. The monoisotopic (exact) mass is 334 g/mol. The molecule has 0 unspecified atom stereocenters. The third-order valence-corrected chi connectivity index (χ3v) is 4.11. The zero-order valence-corrected chi connectivity index (χ0v) is 14.7. The average molecular weight is 334 g/mol. The SMILES string of the molecule is Cc1ccc(NCc2ccc(-n3ccnc3)cc2)cc1C(=O)N(C)C. The normalized spacial score (nSPS) is 10.5. The third-order valence-electron chi connectivity index (χ3n) is 4.11. The van der Waals surface area contributed by atoms with E-state index in [0.717, 1.165) is 22.5 Å². The van der Waals surface area contributed by atoms with Crippen molar-refractivity contribution in [3.63, 3.8) is 0 Å². The Balaban J connectivity index is 1.69. The molecule has 2 aromatic carbocycles. The molecule has 1 amide bonds. The van der Waals surface area contributed by atoms with E-state index in [1.54, 1.807) is 31.5 Å². The van der Waals surface area contributed by atoms with E-state index in [1.165, 1.54) is 5.56 Å². The Morgan fingerprint density at radius 2 is 1.92 bits per heavy atom. The smallest absolute Gasteiger partial charge is 0.253 e. The van der Waals surface area contributed by atoms with Crippen molar-refractivity contribution in [2.75, 3.05) is 19.4 Å². The van der Waals surface area contributed by atoms with E-state index in [4.69, 9.17) is 0 Å². The first-order valence-electron chi connectivity index (χ1n) is 8.18. The van der Waals surface area contributed by atoms with Crippen LogP contribution in [0.1, 0.15) is 21.5 Å². The summed E-state index contributed by atoms with van der Waals surface area (Å²) in [5.41, 5.74) is 4.90. The Labute approximate surface area is 147 Å². The molecule has 3 rings (SSSR count). The number of rotatable bonds is 5. The lowest BCUT2D eigenvalue weighted by molar-refractivity contribution is 0.0827. The Hall–Kier alpha value is -3.08. The number of amides is 1. The molecule has 0 aliphatic rings. The van der Waals surface area contributed by atoms with E-state index in [0.29, 0.717) is 6.54 Å². The van der Waals surface area contributed by atoms with Crippen LogP contribution in [-0.2, 0) is 6.54 Å². The minimum atomic E-state index is 0.0193. The fraction of sp³-hybridized carbons (Fsp3) is 0.200. The first-order chi connectivity index (χ1) is 12.0. The number of imidazole rings is 1. The second-order valence-electron chi connectivity index (χ2n) is 6.22. The highest BCUT2D eigenvalue weighted by molar-refractivity contribution is 5.96. The zero-order valence-electron chi connectivity index (χ0n) is 14.7. The molecule has 0 atom stereocenters. The first kappa shape index (κ1) is 16.8. The molecule has 3 aromatic rings. The molecule has 1 aromatic heterocycles. The second kappa shape index (κ2) is 7.21. The quantitative estimate of drug-likeness (QED) is 0.777. The summed E-state index contributed by atoms with van der Waals surface area (Å²) >= 11 is 0. The lowest BCUT2D eigenvalue weighted by Gasteiger charge is -2.14. The maximum absolute atomic E-state index is 12.2. The number of carbonyl (C=O) groups is 1. The number of aromatic nitrogens is 2. The van der Waals surface area contributed by atoms with Crippen LogP contribution in [0, 0.1) is 6.92 Å². The highest BCUT2D eigenvalue weighted by atomic mass is 16.2. The van der Waals surface area contributed by atoms with Crippen LogP contribution in [0.5, 0.6) is 0 Å². The number of benzene rings is 2. The van der Waals surface area contributed by atoms with Crippen LogP contribution in [0.15, 0.2) is 61.2 Å². The van der Waals surface area contributed by atoms with Gasteiger partial charge in [0.1, 0.15) is 0 Å². The van der Waals surface area contributed by atoms with Gasteiger partial charge in [-0.3, -0.25) is 4.79 Å². The molecule has 128 valence electrons. The van der Waals surface area contributed by atoms with E-state index >= 15 is 0 Å². The number of carbonyl (C=O) groups excluding carboxylic acids is 1. The van der Waals surface area contributed by atoms with E-state index in [-0.39, 0.29) is 5.91 Å².